The molecule has 0 saturated heterocycles. The van der Waals surface area contributed by atoms with E-state index in [2.05, 4.69) is 24.4 Å². The zero-order chi connectivity index (χ0) is 15.1. The van der Waals surface area contributed by atoms with Crippen LogP contribution in [0, 0.1) is 0 Å². The molecule has 112 valence electrons. The lowest BCUT2D eigenvalue weighted by Gasteiger charge is -2.10. The molecule has 0 heterocycles. The van der Waals surface area contributed by atoms with Crippen LogP contribution in [-0.2, 0) is 13.2 Å². The Hall–Kier alpha value is -1.22. The molecule has 0 bridgehead atoms. The second-order valence-corrected chi connectivity index (χ2v) is 5.70. The van der Waals surface area contributed by atoms with Gasteiger partial charge in [0.25, 0.3) is 0 Å². The molecular formula is C17H19Cl2NO. The van der Waals surface area contributed by atoms with Gasteiger partial charge in [0.1, 0.15) is 12.4 Å². The Morgan fingerprint density at radius 2 is 1.86 bits per heavy atom. The van der Waals surface area contributed by atoms with Crippen molar-refractivity contribution in [3.05, 3.63) is 63.6 Å². The smallest absolute Gasteiger partial charge is 0.138 e. The topological polar surface area (TPSA) is 21.3 Å². The summed E-state index contributed by atoms with van der Waals surface area (Å²) in [6.45, 7) is 4.56. The van der Waals surface area contributed by atoms with E-state index in [1.165, 1.54) is 5.56 Å². The van der Waals surface area contributed by atoms with Gasteiger partial charge in [-0.15, -0.1) is 0 Å². The molecule has 21 heavy (non-hydrogen) atoms. The predicted octanol–water partition coefficient (Wildman–Crippen LogP) is 5.07. The SMILES string of the molecule is CCCNCc1cccc(COc2ccc(Cl)cc2Cl)c1. The fraction of sp³-hybridized carbons (Fsp3) is 0.294. The summed E-state index contributed by atoms with van der Waals surface area (Å²) < 4.78 is 5.75. The first-order chi connectivity index (χ1) is 10.2. The quantitative estimate of drug-likeness (QED) is 0.718. The molecule has 0 aliphatic heterocycles. The van der Waals surface area contributed by atoms with E-state index in [-0.39, 0.29) is 0 Å². The summed E-state index contributed by atoms with van der Waals surface area (Å²) >= 11 is 12.0. The molecule has 2 aromatic carbocycles. The monoisotopic (exact) mass is 323 g/mol. The summed E-state index contributed by atoms with van der Waals surface area (Å²) in [6, 6.07) is 13.6. The molecule has 0 aliphatic rings. The van der Waals surface area contributed by atoms with E-state index in [1.54, 1.807) is 18.2 Å². The van der Waals surface area contributed by atoms with Crippen LogP contribution in [0.4, 0.5) is 0 Å². The average molecular weight is 324 g/mol. The van der Waals surface area contributed by atoms with Crippen molar-refractivity contribution in [2.75, 3.05) is 6.54 Å². The molecule has 2 aromatic rings. The van der Waals surface area contributed by atoms with Crippen LogP contribution >= 0.6 is 23.2 Å². The molecule has 2 rings (SSSR count). The second kappa shape index (κ2) is 8.28. The fourth-order valence-electron chi connectivity index (χ4n) is 1.99. The van der Waals surface area contributed by atoms with Crippen LogP contribution in [0.3, 0.4) is 0 Å². The number of rotatable bonds is 7. The zero-order valence-corrected chi connectivity index (χ0v) is 13.5. The number of halogens is 2. The van der Waals surface area contributed by atoms with Crippen molar-refractivity contribution in [1.29, 1.82) is 0 Å². The third kappa shape index (κ3) is 5.24. The Labute approximate surface area is 136 Å². The minimum Gasteiger partial charge on any atom is -0.487 e. The normalized spacial score (nSPS) is 10.6. The van der Waals surface area contributed by atoms with E-state index in [4.69, 9.17) is 27.9 Å². The highest BCUT2D eigenvalue weighted by molar-refractivity contribution is 6.35. The molecule has 1 N–H and O–H groups in total. The number of benzene rings is 2. The maximum Gasteiger partial charge on any atom is 0.138 e. The Morgan fingerprint density at radius 3 is 2.62 bits per heavy atom. The molecule has 2 nitrogen and oxygen atoms in total. The van der Waals surface area contributed by atoms with Gasteiger partial charge in [-0.3, -0.25) is 0 Å². The van der Waals surface area contributed by atoms with E-state index in [0.29, 0.717) is 22.4 Å². The van der Waals surface area contributed by atoms with Crippen LogP contribution in [0.15, 0.2) is 42.5 Å². The highest BCUT2D eigenvalue weighted by Crippen LogP contribution is 2.28. The number of hydrogen-bond acceptors (Lipinski definition) is 2. The van der Waals surface area contributed by atoms with Crippen LogP contribution in [0.2, 0.25) is 10.0 Å². The standard InChI is InChI=1S/C17H19Cl2NO/c1-2-8-20-11-13-4-3-5-14(9-13)12-21-17-7-6-15(18)10-16(17)19/h3-7,9-10,20H,2,8,11-12H2,1H3. The third-order valence-electron chi connectivity index (χ3n) is 3.04. The predicted molar refractivity (Wildman–Crippen MR) is 89.2 cm³/mol. The van der Waals surface area contributed by atoms with Crippen molar-refractivity contribution in [1.82, 2.24) is 5.32 Å². The summed E-state index contributed by atoms with van der Waals surface area (Å²) in [7, 11) is 0. The highest BCUT2D eigenvalue weighted by atomic mass is 35.5. The van der Waals surface area contributed by atoms with E-state index < -0.39 is 0 Å². The molecule has 0 radical (unpaired) electrons. The Morgan fingerprint density at radius 1 is 1.05 bits per heavy atom. The van der Waals surface area contributed by atoms with Gasteiger partial charge in [0, 0.05) is 11.6 Å². The molecule has 4 heteroatoms. The van der Waals surface area contributed by atoms with Gasteiger partial charge in [0.15, 0.2) is 0 Å². The minimum atomic E-state index is 0.489. The second-order valence-electron chi connectivity index (χ2n) is 4.86. The van der Waals surface area contributed by atoms with Gasteiger partial charge in [0.05, 0.1) is 5.02 Å². The largest absolute Gasteiger partial charge is 0.487 e. The van der Waals surface area contributed by atoms with Gasteiger partial charge in [0.2, 0.25) is 0 Å². The summed E-state index contributed by atoms with van der Waals surface area (Å²) in [5.41, 5.74) is 2.38. The number of hydrogen-bond donors (Lipinski definition) is 1. The van der Waals surface area contributed by atoms with Crippen LogP contribution in [0.5, 0.6) is 5.75 Å². The van der Waals surface area contributed by atoms with Gasteiger partial charge < -0.3 is 10.1 Å². The van der Waals surface area contributed by atoms with Crippen molar-refractivity contribution in [3.8, 4) is 5.75 Å². The van der Waals surface area contributed by atoms with Crippen molar-refractivity contribution < 1.29 is 4.74 Å². The summed E-state index contributed by atoms with van der Waals surface area (Å²) in [5, 5.41) is 4.53. The van der Waals surface area contributed by atoms with E-state index in [0.717, 1.165) is 25.1 Å². The molecule has 0 spiro atoms. The van der Waals surface area contributed by atoms with Gasteiger partial charge in [-0.25, -0.2) is 0 Å². The summed E-state index contributed by atoms with van der Waals surface area (Å²) in [6.07, 6.45) is 1.14. The first-order valence-electron chi connectivity index (χ1n) is 7.05. The average Bonchev–Trinajstić information content (AvgIpc) is 2.47. The molecule has 0 saturated carbocycles. The van der Waals surface area contributed by atoms with E-state index >= 15 is 0 Å². The molecule has 0 unspecified atom stereocenters. The molecule has 0 fully saturated rings. The lowest BCUT2D eigenvalue weighted by molar-refractivity contribution is 0.306. The first-order valence-corrected chi connectivity index (χ1v) is 7.81. The molecule has 0 aliphatic carbocycles. The molecular weight excluding hydrogens is 305 g/mol. The highest BCUT2D eigenvalue weighted by Gasteiger charge is 2.03. The van der Waals surface area contributed by atoms with Crippen LogP contribution < -0.4 is 10.1 Å². The van der Waals surface area contributed by atoms with Crippen molar-refractivity contribution in [3.63, 3.8) is 0 Å². The Balaban J connectivity index is 1.95. The van der Waals surface area contributed by atoms with E-state index in [1.807, 2.05) is 12.1 Å². The van der Waals surface area contributed by atoms with Crippen LogP contribution in [0.1, 0.15) is 24.5 Å². The van der Waals surface area contributed by atoms with Crippen LogP contribution in [-0.4, -0.2) is 6.54 Å². The van der Waals surface area contributed by atoms with Crippen molar-refractivity contribution in [2.45, 2.75) is 26.5 Å². The number of ether oxygens (including phenoxy) is 1. The first kappa shape index (κ1) is 16.2. The van der Waals surface area contributed by atoms with Gasteiger partial charge >= 0.3 is 0 Å². The van der Waals surface area contributed by atoms with Gasteiger partial charge in [-0.1, -0.05) is 54.4 Å². The molecule has 0 atom stereocenters. The van der Waals surface area contributed by atoms with Crippen LogP contribution in [0.25, 0.3) is 0 Å². The van der Waals surface area contributed by atoms with E-state index in [9.17, 15) is 0 Å². The Bertz CT molecular complexity index is 587. The third-order valence-corrected chi connectivity index (χ3v) is 3.57. The zero-order valence-electron chi connectivity index (χ0n) is 12.0. The molecule has 0 aromatic heterocycles. The Kier molecular flexibility index (Phi) is 6.37. The van der Waals surface area contributed by atoms with Gasteiger partial charge in [-0.05, 0) is 42.3 Å². The maximum absolute atomic E-state index is 6.09. The fourth-order valence-corrected chi connectivity index (χ4v) is 2.46. The summed E-state index contributed by atoms with van der Waals surface area (Å²) in [4.78, 5) is 0. The summed E-state index contributed by atoms with van der Waals surface area (Å²) in [5.74, 6) is 0.649. The lowest BCUT2D eigenvalue weighted by atomic mass is 10.1. The van der Waals surface area contributed by atoms with Gasteiger partial charge in [-0.2, -0.15) is 0 Å². The maximum atomic E-state index is 6.09. The number of nitrogens with one attached hydrogen (secondary N) is 1. The molecule has 0 amide bonds. The lowest BCUT2D eigenvalue weighted by Crippen LogP contribution is -2.13. The minimum absolute atomic E-state index is 0.489. The van der Waals surface area contributed by atoms with Crippen molar-refractivity contribution >= 4 is 23.2 Å². The van der Waals surface area contributed by atoms with Crippen molar-refractivity contribution in [2.24, 2.45) is 0 Å².